The van der Waals surface area contributed by atoms with Crippen LogP contribution in [0.1, 0.15) is 68.3 Å². The fraction of sp³-hybridized carbons (Fsp3) is 0.435. The van der Waals surface area contributed by atoms with Gasteiger partial charge in [-0.15, -0.1) is 0 Å². The molecule has 2 saturated heterocycles. The molecule has 0 unspecified atom stereocenters. The molecule has 8 rings (SSSR count). The molecule has 4 aromatic rings. The van der Waals surface area contributed by atoms with E-state index >= 15 is 0 Å². The number of amides is 1. The van der Waals surface area contributed by atoms with E-state index in [1.807, 2.05) is 35.2 Å². The maximum Gasteiger partial charge on any atom is 0.293 e. The molecular weight excluding hydrogens is 830 g/mol. The number of pyridine rings is 1. The molecule has 1 aliphatic carbocycles. The van der Waals surface area contributed by atoms with Crippen LogP contribution in [0.25, 0.3) is 5.57 Å². The Morgan fingerprint density at radius 3 is 2.50 bits per heavy atom. The van der Waals surface area contributed by atoms with Crippen LogP contribution < -0.4 is 24.6 Å². The zero-order chi connectivity index (χ0) is 43.4. The van der Waals surface area contributed by atoms with Gasteiger partial charge >= 0.3 is 0 Å². The molecule has 0 bridgehead atoms. The molecule has 0 spiro atoms. The molecule has 14 nitrogen and oxygen atoms in total. The molecule has 62 heavy (non-hydrogen) atoms. The van der Waals surface area contributed by atoms with Gasteiger partial charge in [-0.1, -0.05) is 43.2 Å². The van der Waals surface area contributed by atoms with Crippen molar-refractivity contribution in [1.82, 2.24) is 14.6 Å². The molecule has 4 heterocycles. The fourth-order valence-corrected chi connectivity index (χ4v) is 10.0. The van der Waals surface area contributed by atoms with Gasteiger partial charge in [-0.3, -0.25) is 24.8 Å². The monoisotopic (exact) mass is 883 g/mol. The Balaban J connectivity index is 1.03. The number of nitro benzene ring substituents is 1. The van der Waals surface area contributed by atoms with Crippen molar-refractivity contribution in [2.75, 3.05) is 80.8 Å². The average Bonchev–Trinajstić information content (AvgIpc) is 3.49. The summed E-state index contributed by atoms with van der Waals surface area (Å²) in [4.78, 5) is 36.4. The molecule has 3 aliphatic heterocycles. The molecule has 0 saturated carbocycles. The minimum atomic E-state index is -4.54. The van der Waals surface area contributed by atoms with E-state index in [-0.39, 0.29) is 22.6 Å². The van der Waals surface area contributed by atoms with Gasteiger partial charge < -0.3 is 24.6 Å². The lowest BCUT2D eigenvalue weighted by atomic mass is 9.72. The predicted octanol–water partition coefficient (Wildman–Crippen LogP) is 8.31. The molecule has 2 fully saturated rings. The van der Waals surface area contributed by atoms with E-state index in [1.54, 1.807) is 18.5 Å². The number of carbonyl (C=O) groups excluding carboxylic acids is 1. The highest BCUT2D eigenvalue weighted by Gasteiger charge is 2.32. The number of ether oxygens (including phenoxy) is 2. The normalized spacial score (nSPS) is 18.7. The van der Waals surface area contributed by atoms with E-state index in [9.17, 15) is 23.3 Å². The zero-order valence-corrected chi connectivity index (χ0v) is 36.8. The number of fused-ring (bicyclic) bond motifs is 1. The first-order chi connectivity index (χ1) is 29.8. The number of nitrogens with one attached hydrogen (secondary N) is 2. The first-order valence-corrected chi connectivity index (χ1v) is 23.3. The summed E-state index contributed by atoms with van der Waals surface area (Å²) >= 11 is 6.26. The predicted molar refractivity (Wildman–Crippen MR) is 242 cm³/mol. The van der Waals surface area contributed by atoms with Gasteiger partial charge in [0.15, 0.2) is 5.75 Å². The second-order valence-electron chi connectivity index (χ2n) is 17.4. The summed E-state index contributed by atoms with van der Waals surface area (Å²) in [6.45, 7) is 11.5. The van der Waals surface area contributed by atoms with Gasteiger partial charge in [0, 0.05) is 82.0 Å². The Labute approximate surface area is 368 Å². The minimum absolute atomic E-state index is 0.131. The largest absolute Gasteiger partial charge is 0.490 e. The Morgan fingerprint density at radius 1 is 0.968 bits per heavy atom. The number of allylic oxidation sites excluding steroid dienone is 1. The third-order valence-corrected chi connectivity index (χ3v) is 14.1. The lowest BCUT2D eigenvalue weighted by Gasteiger charge is -2.39. The molecule has 1 aromatic heterocycles. The van der Waals surface area contributed by atoms with E-state index in [4.69, 9.17) is 21.1 Å². The number of piperazine rings is 1. The highest BCUT2D eigenvalue weighted by atomic mass is 35.5. The van der Waals surface area contributed by atoms with Crippen LogP contribution >= 0.6 is 11.6 Å². The van der Waals surface area contributed by atoms with Crippen LogP contribution in [-0.4, -0.2) is 94.8 Å². The van der Waals surface area contributed by atoms with Gasteiger partial charge in [0.1, 0.15) is 5.69 Å². The van der Waals surface area contributed by atoms with Crippen molar-refractivity contribution in [3.8, 4) is 5.75 Å². The van der Waals surface area contributed by atoms with Gasteiger partial charge in [-0.2, -0.15) is 0 Å². The van der Waals surface area contributed by atoms with Crippen LogP contribution in [-0.2, 0) is 14.8 Å². The number of rotatable bonds is 12. The first kappa shape index (κ1) is 43.4. The van der Waals surface area contributed by atoms with Crippen LogP contribution in [0.2, 0.25) is 5.02 Å². The Bertz CT molecular complexity index is 2430. The van der Waals surface area contributed by atoms with Gasteiger partial charge in [0.25, 0.3) is 21.6 Å². The van der Waals surface area contributed by atoms with Crippen molar-refractivity contribution in [1.29, 1.82) is 0 Å². The van der Waals surface area contributed by atoms with E-state index in [0.717, 1.165) is 81.6 Å². The highest BCUT2D eigenvalue weighted by molar-refractivity contribution is 7.90. The average molecular weight is 884 g/mol. The maximum absolute atomic E-state index is 14.2. The molecular formula is C46H54ClN7O7S. The number of nitrogens with zero attached hydrogens (tertiary/aromatic N) is 5. The summed E-state index contributed by atoms with van der Waals surface area (Å²) in [5.74, 6) is -0.0247. The van der Waals surface area contributed by atoms with Gasteiger partial charge in [0.05, 0.1) is 39.6 Å². The van der Waals surface area contributed by atoms with Crippen LogP contribution in [0.4, 0.5) is 28.4 Å². The van der Waals surface area contributed by atoms with Gasteiger partial charge in [-0.25, -0.2) is 13.1 Å². The highest BCUT2D eigenvalue weighted by Crippen LogP contribution is 2.44. The van der Waals surface area contributed by atoms with E-state index in [1.165, 1.54) is 28.8 Å². The number of anilines is 4. The molecule has 0 radical (unpaired) electrons. The van der Waals surface area contributed by atoms with E-state index in [0.29, 0.717) is 56.5 Å². The smallest absolute Gasteiger partial charge is 0.293 e. The van der Waals surface area contributed by atoms with Crippen molar-refractivity contribution >= 4 is 61.5 Å². The van der Waals surface area contributed by atoms with Crippen LogP contribution in [0.3, 0.4) is 0 Å². The van der Waals surface area contributed by atoms with E-state index in [2.05, 4.69) is 50.8 Å². The SMILES string of the molecule is CC1(C)CCC(CN2CCN(c3ccc(C(=O)NS(=O)(=O)c4ccc(NCC5CCOCC5)c([N+](=O)[O-])c4)c(N4CCCOc5cnccc54)c3)CC2)=C(c2ccc(Cl)cc2)C1. The summed E-state index contributed by atoms with van der Waals surface area (Å²) in [6, 6.07) is 19.1. The van der Waals surface area contributed by atoms with Crippen molar-refractivity contribution in [2.24, 2.45) is 11.3 Å². The summed E-state index contributed by atoms with van der Waals surface area (Å²) in [6.07, 6.45) is 8.81. The second kappa shape index (κ2) is 18.6. The topological polar surface area (TPSA) is 159 Å². The fourth-order valence-electron chi connectivity index (χ4n) is 8.93. The summed E-state index contributed by atoms with van der Waals surface area (Å²) in [7, 11) is -4.54. The molecule has 328 valence electrons. The lowest BCUT2D eigenvalue weighted by Crippen LogP contribution is -2.47. The van der Waals surface area contributed by atoms with Crippen LogP contribution in [0, 0.1) is 21.4 Å². The molecule has 4 aliphatic rings. The molecule has 0 atom stereocenters. The number of sulfonamides is 1. The first-order valence-electron chi connectivity index (χ1n) is 21.4. The number of benzene rings is 3. The minimum Gasteiger partial charge on any atom is -0.490 e. The molecule has 3 aromatic carbocycles. The quantitative estimate of drug-likeness (QED) is 0.104. The van der Waals surface area contributed by atoms with Gasteiger partial charge in [0.2, 0.25) is 0 Å². The van der Waals surface area contributed by atoms with Crippen molar-refractivity contribution in [3.63, 3.8) is 0 Å². The lowest BCUT2D eigenvalue weighted by molar-refractivity contribution is -0.384. The number of hydrogen-bond donors (Lipinski definition) is 2. The Kier molecular flexibility index (Phi) is 13.1. The van der Waals surface area contributed by atoms with E-state index < -0.39 is 31.4 Å². The molecule has 16 heteroatoms. The zero-order valence-electron chi connectivity index (χ0n) is 35.3. The molecule has 2 N–H and O–H groups in total. The standard InChI is InChI=1S/C46H54ClN7O7S/c1-46(2)16-12-34(39(28-46)33-4-6-35(47)7-5-33)31-51-19-21-52(22-20-51)36-8-10-38(42(26-36)53-18-3-23-61-44-30-48-17-13-41(44)53)45(55)50-62(58,59)37-9-11-40(43(27-37)54(56)57)49-29-32-14-24-60-25-15-32/h4-11,13,17,26-27,30,32,49H,3,12,14-16,18-25,28-29,31H2,1-2H3,(H,50,55). The van der Waals surface area contributed by atoms with Crippen molar-refractivity contribution in [3.05, 3.63) is 111 Å². The van der Waals surface area contributed by atoms with Crippen molar-refractivity contribution < 1.29 is 27.6 Å². The molecule has 1 amide bonds. The summed E-state index contributed by atoms with van der Waals surface area (Å²) < 4.78 is 41.3. The Morgan fingerprint density at radius 2 is 1.74 bits per heavy atom. The number of carbonyl (C=O) groups is 1. The summed E-state index contributed by atoms with van der Waals surface area (Å²) in [5.41, 5.74) is 6.44. The number of nitro groups is 1. The summed E-state index contributed by atoms with van der Waals surface area (Å²) in [5, 5.41) is 16.0. The van der Waals surface area contributed by atoms with Crippen molar-refractivity contribution in [2.45, 2.75) is 57.3 Å². The number of hydrogen-bond acceptors (Lipinski definition) is 12. The van der Waals surface area contributed by atoms with Crippen LogP contribution in [0.15, 0.2) is 89.6 Å². The Hall–Kier alpha value is -5.22. The third kappa shape index (κ3) is 10.0. The maximum atomic E-state index is 14.2. The number of aromatic nitrogens is 1. The number of halogens is 1. The second-order valence-corrected chi connectivity index (χ2v) is 19.5. The van der Waals surface area contributed by atoms with Crippen LogP contribution in [0.5, 0.6) is 5.75 Å². The third-order valence-electron chi connectivity index (χ3n) is 12.5. The van der Waals surface area contributed by atoms with Gasteiger partial charge in [-0.05, 0) is 110 Å².